The second-order valence-corrected chi connectivity index (χ2v) is 4.74. The van der Waals surface area contributed by atoms with Crippen LogP contribution in [0.1, 0.15) is 5.56 Å². The minimum Gasteiger partial charge on any atom is -0.263 e. The van der Waals surface area contributed by atoms with Crippen molar-refractivity contribution in [1.29, 1.82) is 0 Å². The highest BCUT2D eigenvalue weighted by Gasteiger charge is 2.03. The van der Waals surface area contributed by atoms with Crippen molar-refractivity contribution in [3.63, 3.8) is 0 Å². The highest BCUT2D eigenvalue weighted by molar-refractivity contribution is 9.10. The molecule has 15 heavy (non-hydrogen) atoms. The third-order valence-electron chi connectivity index (χ3n) is 1.71. The Bertz CT molecular complexity index is 458. The van der Waals surface area contributed by atoms with Crippen molar-refractivity contribution in [3.05, 3.63) is 28.5 Å². The Morgan fingerprint density at radius 2 is 2.33 bits per heavy atom. The molecule has 2 heterocycles. The molecule has 0 saturated heterocycles. The molecule has 0 saturated carbocycles. The number of aromatic nitrogens is 5. The van der Waals surface area contributed by atoms with Gasteiger partial charge in [0.05, 0.1) is 0 Å². The summed E-state index contributed by atoms with van der Waals surface area (Å²) in [4.78, 5) is 4.09. The summed E-state index contributed by atoms with van der Waals surface area (Å²) in [6.07, 6.45) is 3.60. The van der Waals surface area contributed by atoms with E-state index in [0.29, 0.717) is 0 Å². The van der Waals surface area contributed by atoms with E-state index < -0.39 is 0 Å². The Labute approximate surface area is 99.4 Å². The van der Waals surface area contributed by atoms with Crippen LogP contribution in [0.25, 0.3) is 0 Å². The summed E-state index contributed by atoms with van der Waals surface area (Å²) in [5, 5.41) is 12.0. The molecule has 0 aliphatic heterocycles. The summed E-state index contributed by atoms with van der Waals surface area (Å²) in [5.41, 5.74) is 1.14. The number of rotatable bonds is 3. The van der Waals surface area contributed by atoms with Gasteiger partial charge in [0.15, 0.2) is 0 Å². The number of thioether (sulfide) groups is 1. The second-order valence-electron chi connectivity index (χ2n) is 2.89. The Morgan fingerprint density at radius 3 is 3.00 bits per heavy atom. The number of aryl methyl sites for hydroxylation is 1. The molecule has 0 atom stereocenters. The number of tetrazole rings is 1. The van der Waals surface area contributed by atoms with Gasteiger partial charge >= 0.3 is 0 Å². The van der Waals surface area contributed by atoms with Crippen molar-refractivity contribution in [2.75, 3.05) is 0 Å². The van der Waals surface area contributed by atoms with Crippen LogP contribution in [0, 0.1) is 0 Å². The fourth-order valence-electron chi connectivity index (χ4n) is 1.03. The standard InChI is InChI=1S/C8H8BrN5S/c1-14-8(11-12-13-14)15-5-6-2-7(9)4-10-3-6/h2-4H,5H2,1H3. The number of pyridine rings is 1. The van der Waals surface area contributed by atoms with E-state index in [1.54, 1.807) is 22.6 Å². The lowest BCUT2D eigenvalue weighted by molar-refractivity contribution is 0.664. The quantitative estimate of drug-likeness (QED) is 0.803. The SMILES string of the molecule is Cn1nnnc1SCc1cncc(Br)c1. The van der Waals surface area contributed by atoms with Crippen LogP contribution in [0.4, 0.5) is 0 Å². The van der Waals surface area contributed by atoms with Gasteiger partial charge in [0.25, 0.3) is 0 Å². The van der Waals surface area contributed by atoms with Crippen LogP contribution in [0.15, 0.2) is 28.1 Å². The highest BCUT2D eigenvalue weighted by atomic mass is 79.9. The van der Waals surface area contributed by atoms with E-state index in [9.17, 15) is 0 Å². The zero-order valence-electron chi connectivity index (χ0n) is 7.96. The molecule has 7 heteroatoms. The smallest absolute Gasteiger partial charge is 0.209 e. The molecule has 78 valence electrons. The molecule has 0 unspecified atom stereocenters. The average molecular weight is 286 g/mol. The van der Waals surface area contributed by atoms with Gasteiger partial charge in [-0.2, -0.15) is 0 Å². The van der Waals surface area contributed by atoms with Crippen LogP contribution in [0.5, 0.6) is 0 Å². The van der Waals surface area contributed by atoms with E-state index in [4.69, 9.17) is 0 Å². The third kappa shape index (κ3) is 2.75. The summed E-state index contributed by atoms with van der Waals surface area (Å²) >= 11 is 4.96. The third-order valence-corrected chi connectivity index (χ3v) is 3.23. The number of nitrogens with zero attached hydrogens (tertiary/aromatic N) is 5. The predicted octanol–water partition coefficient (Wildman–Crippen LogP) is 1.66. The van der Waals surface area contributed by atoms with Crippen molar-refractivity contribution < 1.29 is 0 Å². The molecule has 0 aliphatic rings. The summed E-state index contributed by atoms with van der Waals surface area (Å²) in [6, 6.07) is 2.03. The van der Waals surface area contributed by atoms with E-state index in [-0.39, 0.29) is 0 Å². The molecule has 0 bridgehead atoms. The predicted molar refractivity (Wildman–Crippen MR) is 60.3 cm³/mol. The molecule has 2 aromatic rings. The number of hydrogen-bond acceptors (Lipinski definition) is 5. The Hall–Kier alpha value is -0.950. The van der Waals surface area contributed by atoms with Crippen molar-refractivity contribution in [2.24, 2.45) is 7.05 Å². The molecule has 0 amide bonds. The van der Waals surface area contributed by atoms with E-state index in [0.717, 1.165) is 20.9 Å². The van der Waals surface area contributed by atoms with Crippen molar-refractivity contribution in [2.45, 2.75) is 10.9 Å². The molecular weight excluding hydrogens is 278 g/mol. The largest absolute Gasteiger partial charge is 0.263 e. The average Bonchev–Trinajstić information content (AvgIpc) is 2.61. The van der Waals surface area contributed by atoms with Crippen molar-refractivity contribution in [3.8, 4) is 0 Å². The van der Waals surface area contributed by atoms with E-state index in [2.05, 4.69) is 36.4 Å². The van der Waals surface area contributed by atoms with Gasteiger partial charge in [-0.1, -0.05) is 11.8 Å². The van der Waals surface area contributed by atoms with Crippen LogP contribution in [-0.4, -0.2) is 25.2 Å². The summed E-state index contributed by atoms with van der Waals surface area (Å²) in [5.74, 6) is 0.806. The first-order valence-electron chi connectivity index (χ1n) is 4.20. The summed E-state index contributed by atoms with van der Waals surface area (Å²) in [6.45, 7) is 0. The lowest BCUT2D eigenvalue weighted by Crippen LogP contribution is -1.93. The van der Waals surface area contributed by atoms with E-state index in [1.807, 2.05) is 19.3 Å². The van der Waals surface area contributed by atoms with Crippen LogP contribution in [0.3, 0.4) is 0 Å². The summed E-state index contributed by atoms with van der Waals surface area (Å²) in [7, 11) is 1.82. The van der Waals surface area contributed by atoms with Crippen molar-refractivity contribution >= 4 is 27.7 Å². The van der Waals surface area contributed by atoms with Crippen molar-refractivity contribution in [1.82, 2.24) is 25.2 Å². The Balaban J connectivity index is 2.02. The normalized spacial score (nSPS) is 10.5. The molecule has 2 rings (SSSR count). The zero-order valence-corrected chi connectivity index (χ0v) is 10.4. The minimum atomic E-state index is 0.801. The fourth-order valence-corrected chi connectivity index (χ4v) is 2.21. The van der Waals surface area contributed by atoms with Crippen LogP contribution < -0.4 is 0 Å². The maximum Gasteiger partial charge on any atom is 0.209 e. The van der Waals surface area contributed by atoms with Crippen LogP contribution in [0.2, 0.25) is 0 Å². The van der Waals surface area contributed by atoms with Gasteiger partial charge < -0.3 is 0 Å². The molecular formula is C8H8BrN5S. The van der Waals surface area contributed by atoms with E-state index in [1.165, 1.54) is 0 Å². The topological polar surface area (TPSA) is 56.5 Å². The maximum absolute atomic E-state index is 4.09. The molecule has 0 spiro atoms. The molecule has 0 fully saturated rings. The Morgan fingerprint density at radius 1 is 1.47 bits per heavy atom. The molecule has 0 aromatic carbocycles. The summed E-state index contributed by atoms with van der Waals surface area (Å²) < 4.78 is 2.63. The maximum atomic E-state index is 4.09. The van der Waals surface area contributed by atoms with Gasteiger partial charge in [0.1, 0.15) is 0 Å². The van der Waals surface area contributed by atoms with Gasteiger partial charge in [-0.05, 0) is 38.0 Å². The number of hydrogen-bond donors (Lipinski definition) is 0. The van der Waals surface area contributed by atoms with Gasteiger partial charge in [-0.25, -0.2) is 4.68 Å². The molecule has 0 radical (unpaired) electrons. The lowest BCUT2D eigenvalue weighted by atomic mass is 10.3. The van der Waals surface area contributed by atoms with E-state index >= 15 is 0 Å². The first kappa shape index (κ1) is 10.6. The first-order valence-corrected chi connectivity index (χ1v) is 5.98. The van der Waals surface area contributed by atoms with Crippen LogP contribution >= 0.6 is 27.7 Å². The Kier molecular flexibility index (Phi) is 3.32. The molecule has 2 aromatic heterocycles. The van der Waals surface area contributed by atoms with Gasteiger partial charge in [0, 0.05) is 29.7 Å². The second kappa shape index (κ2) is 4.71. The zero-order chi connectivity index (χ0) is 10.7. The molecule has 0 aliphatic carbocycles. The number of halogens is 1. The van der Waals surface area contributed by atoms with Gasteiger partial charge in [-0.15, -0.1) is 5.10 Å². The minimum absolute atomic E-state index is 0.801. The van der Waals surface area contributed by atoms with Gasteiger partial charge in [0.2, 0.25) is 5.16 Å². The van der Waals surface area contributed by atoms with Crippen LogP contribution in [-0.2, 0) is 12.8 Å². The first-order chi connectivity index (χ1) is 7.25. The van der Waals surface area contributed by atoms with Gasteiger partial charge in [-0.3, -0.25) is 4.98 Å². The lowest BCUT2D eigenvalue weighted by Gasteiger charge is -1.99. The highest BCUT2D eigenvalue weighted by Crippen LogP contribution is 2.20. The fraction of sp³-hybridized carbons (Fsp3) is 0.250. The molecule has 5 nitrogen and oxygen atoms in total. The molecule has 0 N–H and O–H groups in total. The monoisotopic (exact) mass is 285 g/mol.